The highest BCUT2D eigenvalue weighted by Gasteiger charge is 2.23. The average Bonchev–Trinajstić information content (AvgIpc) is 2.61. The number of hydrogen-bond donors (Lipinski definition) is 2. The average molecular weight is 405 g/mol. The molecule has 0 spiro atoms. The van der Waals surface area contributed by atoms with Crippen LogP contribution in [-0.2, 0) is 10.0 Å². The van der Waals surface area contributed by atoms with Gasteiger partial charge >= 0.3 is 0 Å². The summed E-state index contributed by atoms with van der Waals surface area (Å²) < 4.78 is 26.3. The summed E-state index contributed by atoms with van der Waals surface area (Å²) in [6.45, 7) is 3.52. The number of benzene rings is 1. The van der Waals surface area contributed by atoms with Gasteiger partial charge in [0, 0.05) is 43.2 Å². The summed E-state index contributed by atoms with van der Waals surface area (Å²) in [7, 11) is -1.55. The van der Waals surface area contributed by atoms with Gasteiger partial charge in [-0.15, -0.1) is 0 Å². The fraction of sp³-hybridized carbons (Fsp3) is 0.562. The lowest BCUT2D eigenvalue weighted by atomic mass is 10.1. The van der Waals surface area contributed by atoms with Gasteiger partial charge in [-0.2, -0.15) is 11.8 Å². The van der Waals surface area contributed by atoms with Crippen LogP contribution in [0.2, 0.25) is 5.02 Å². The van der Waals surface area contributed by atoms with Crippen LogP contribution in [0.25, 0.3) is 0 Å². The Morgan fingerprint density at radius 2 is 2.12 bits per heavy atom. The van der Waals surface area contributed by atoms with Crippen molar-refractivity contribution in [2.24, 2.45) is 4.99 Å². The molecule has 1 aliphatic rings. The van der Waals surface area contributed by atoms with Gasteiger partial charge in [-0.3, -0.25) is 4.99 Å². The molecule has 1 unspecified atom stereocenters. The van der Waals surface area contributed by atoms with Crippen molar-refractivity contribution >= 4 is 39.3 Å². The number of halogens is 1. The number of hydrogen-bond acceptors (Lipinski definition) is 4. The highest BCUT2D eigenvalue weighted by Crippen LogP contribution is 2.17. The summed E-state index contributed by atoms with van der Waals surface area (Å²) >= 11 is 7.81. The molecular weight excluding hydrogens is 380 g/mol. The van der Waals surface area contributed by atoms with Crippen molar-refractivity contribution in [1.82, 2.24) is 14.9 Å². The van der Waals surface area contributed by atoms with Crippen molar-refractivity contribution in [2.75, 3.05) is 43.9 Å². The van der Waals surface area contributed by atoms with Crippen LogP contribution >= 0.6 is 23.4 Å². The molecule has 0 aromatic heterocycles. The molecule has 1 saturated heterocycles. The van der Waals surface area contributed by atoms with Crippen molar-refractivity contribution < 1.29 is 8.42 Å². The summed E-state index contributed by atoms with van der Waals surface area (Å²) in [6, 6.07) is 7.60. The molecule has 0 amide bonds. The van der Waals surface area contributed by atoms with Crippen LogP contribution in [0.1, 0.15) is 18.5 Å². The maximum absolute atomic E-state index is 12.3. The molecule has 1 aliphatic heterocycles. The predicted octanol–water partition coefficient (Wildman–Crippen LogP) is 1.94. The molecule has 0 bridgehead atoms. The summed E-state index contributed by atoms with van der Waals surface area (Å²) in [5.74, 6) is 2.36. The second-order valence-electron chi connectivity index (χ2n) is 5.75. The zero-order valence-electron chi connectivity index (χ0n) is 14.5. The van der Waals surface area contributed by atoms with Gasteiger partial charge in [0.1, 0.15) is 0 Å². The molecule has 1 fully saturated rings. The third-order valence-electron chi connectivity index (χ3n) is 3.94. The Morgan fingerprint density at radius 1 is 1.40 bits per heavy atom. The van der Waals surface area contributed by atoms with Crippen LogP contribution in [0.3, 0.4) is 0 Å². The largest absolute Gasteiger partial charge is 0.355 e. The number of nitrogens with one attached hydrogen (secondary N) is 2. The molecule has 6 nitrogen and oxygen atoms in total. The fourth-order valence-corrected chi connectivity index (χ4v) is 5.20. The molecule has 1 heterocycles. The molecular formula is C16H25ClN4O2S2. The minimum Gasteiger partial charge on any atom is -0.355 e. The van der Waals surface area contributed by atoms with E-state index < -0.39 is 10.0 Å². The van der Waals surface area contributed by atoms with E-state index in [1.807, 2.05) is 31.2 Å². The van der Waals surface area contributed by atoms with E-state index in [9.17, 15) is 8.42 Å². The quantitative estimate of drug-likeness (QED) is 0.560. The van der Waals surface area contributed by atoms with Gasteiger partial charge < -0.3 is 10.6 Å². The molecule has 0 radical (unpaired) electrons. The van der Waals surface area contributed by atoms with Gasteiger partial charge in [-0.05, 0) is 24.6 Å². The van der Waals surface area contributed by atoms with Crippen LogP contribution in [-0.4, -0.2) is 62.6 Å². The van der Waals surface area contributed by atoms with Gasteiger partial charge in [-0.25, -0.2) is 12.7 Å². The topological polar surface area (TPSA) is 73.8 Å². The normalized spacial score (nSPS) is 18.0. The van der Waals surface area contributed by atoms with Crippen molar-refractivity contribution in [2.45, 2.75) is 13.0 Å². The number of nitrogens with zero attached hydrogens (tertiary/aromatic N) is 2. The van der Waals surface area contributed by atoms with Crippen molar-refractivity contribution in [3.8, 4) is 0 Å². The summed E-state index contributed by atoms with van der Waals surface area (Å²) in [4.78, 5) is 4.16. The first-order valence-electron chi connectivity index (χ1n) is 8.20. The lowest BCUT2D eigenvalue weighted by Gasteiger charge is -2.26. The second-order valence-corrected chi connectivity index (χ2v) is 9.50. The smallest absolute Gasteiger partial charge is 0.215 e. The van der Waals surface area contributed by atoms with E-state index in [1.165, 1.54) is 0 Å². The Labute approximate surface area is 159 Å². The third-order valence-corrected chi connectivity index (χ3v) is 6.99. The van der Waals surface area contributed by atoms with Crippen LogP contribution in [0.15, 0.2) is 29.3 Å². The zero-order chi connectivity index (χ0) is 18.3. The SMILES string of the molecule is CN=C(NCCS(=O)(=O)N1CCSCC1)NC(C)c1cccc(Cl)c1. The Hall–Kier alpha value is -0.960. The summed E-state index contributed by atoms with van der Waals surface area (Å²) in [6.07, 6.45) is 0. The minimum absolute atomic E-state index is 0.000580. The molecule has 0 saturated carbocycles. The van der Waals surface area contributed by atoms with E-state index in [0.29, 0.717) is 30.6 Å². The van der Waals surface area contributed by atoms with Crippen LogP contribution in [0.5, 0.6) is 0 Å². The van der Waals surface area contributed by atoms with Gasteiger partial charge in [0.05, 0.1) is 11.8 Å². The summed E-state index contributed by atoms with van der Waals surface area (Å²) in [5.41, 5.74) is 1.04. The van der Waals surface area contributed by atoms with E-state index in [2.05, 4.69) is 15.6 Å². The number of rotatable bonds is 6. The molecule has 9 heteroatoms. The van der Waals surface area contributed by atoms with Gasteiger partial charge in [0.25, 0.3) is 0 Å². The first-order chi connectivity index (χ1) is 11.9. The van der Waals surface area contributed by atoms with Crippen molar-refractivity contribution in [1.29, 1.82) is 0 Å². The van der Waals surface area contributed by atoms with Gasteiger partial charge in [0.15, 0.2) is 5.96 Å². The predicted molar refractivity (Wildman–Crippen MR) is 107 cm³/mol. The standard InChI is InChI=1S/C16H25ClN4O2S2/c1-13(14-4-3-5-15(17)12-14)20-16(18-2)19-6-11-25(22,23)21-7-9-24-10-8-21/h3-5,12-13H,6-11H2,1-2H3,(H2,18,19,20). The lowest BCUT2D eigenvalue weighted by molar-refractivity contribution is 0.443. The number of sulfonamides is 1. The first kappa shape index (κ1) is 20.4. The monoisotopic (exact) mass is 404 g/mol. The summed E-state index contributed by atoms with van der Waals surface area (Å²) in [5, 5.41) is 7.00. The Morgan fingerprint density at radius 3 is 2.76 bits per heavy atom. The van der Waals surface area contributed by atoms with Crippen LogP contribution in [0, 0.1) is 0 Å². The Kier molecular flexibility index (Phi) is 7.86. The third kappa shape index (κ3) is 6.36. The Bertz CT molecular complexity index is 691. The molecule has 25 heavy (non-hydrogen) atoms. The molecule has 2 N–H and O–H groups in total. The van der Waals surface area contributed by atoms with E-state index in [4.69, 9.17) is 11.6 Å². The highest BCUT2D eigenvalue weighted by atomic mass is 35.5. The minimum atomic E-state index is -3.22. The molecule has 1 atom stereocenters. The highest BCUT2D eigenvalue weighted by molar-refractivity contribution is 7.99. The maximum atomic E-state index is 12.3. The molecule has 1 aromatic carbocycles. The van der Waals surface area contributed by atoms with Gasteiger partial charge in [-0.1, -0.05) is 23.7 Å². The molecule has 2 rings (SSSR count). The van der Waals surface area contributed by atoms with E-state index >= 15 is 0 Å². The van der Waals surface area contributed by atoms with Crippen molar-refractivity contribution in [3.05, 3.63) is 34.9 Å². The molecule has 1 aromatic rings. The zero-order valence-corrected chi connectivity index (χ0v) is 16.9. The molecule has 0 aliphatic carbocycles. The second kappa shape index (κ2) is 9.66. The van der Waals surface area contributed by atoms with E-state index in [0.717, 1.165) is 17.1 Å². The Balaban J connectivity index is 1.84. The van der Waals surface area contributed by atoms with Crippen LogP contribution < -0.4 is 10.6 Å². The number of thioether (sulfide) groups is 1. The first-order valence-corrected chi connectivity index (χ1v) is 11.3. The maximum Gasteiger partial charge on any atom is 0.215 e. The van der Waals surface area contributed by atoms with Crippen molar-refractivity contribution in [3.63, 3.8) is 0 Å². The molecule has 140 valence electrons. The fourth-order valence-electron chi connectivity index (χ4n) is 2.51. The van der Waals surface area contributed by atoms with E-state index in [-0.39, 0.29) is 11.8 Å². The van der Waals surface area contributed by atoms with Crippen LogP contribution in [0.4, 0.5) is 0 Å². The van der Waals surface area contributed by atoms with Gasteiger partial charge in [0.2, 0.25) is 10.0 Å². The van der Waals surface area contributed by atoms with E-state index in [1.54, 1.807) is 23.1 Å². The number of guanidine groups is 1. The number of aliphatic imine (C=N–C) groups is 1. The lowest BCUT2D eigenvalue weighted by Crippen LogP contribution is -2.44.